The van der Waals surface area contributed by atoms with Crippen LogP contribution in [0.4, 0.5) is 4.79 Å². The zero-order chi connectivity index (χ0) is 16.1. The van der Waals surface area contributed by atoms with Gasteiger partial charge >= 0.3 is 6.03 Å². The number of carbonyl (C=O) groups is 1. The van der Waals surface area contributed by atoms with Gasteiger partial charge < -0.3 is 15.5 Å². The smallest absolute Gasteiger partial charge is 0.318 e. The average Bonchev–Trinajstić information content (AvgIpc) is 2.60. The van der Waals surface area contributed by atoms with Crippen LogP contribution >= 0.6 is 0 Å². The summed E-state index contributed by atoms with van der Waals surface area (Å²) in [4.78, 5) is 13.9. The van der Waals surface area contributed by atoms with Crippen molar-refractivity contribution >= 4 is 16.8 Å². The molecular formula is C19H21N3O. The van der Waals surface area contributed by atoms with Gasteiger partial charge in [-0.05, 0) is 29.8 Å². The number of rotatable bonds is 1. The molecule has 0 aliphatic carbocycles. The highest BCUT2D eigenvalue weighted by Gasteiger charge is 2.16. The molecule has 3 rings (SSSR count). The summed E-state index contributed by atoms with van der Waals surface area (Å²) in [5.74, 6) is 6.26. The van der Waals surface area contributed by atoms with Gasteiger partial charge in [0, 0.05) is 31.7 Å². The molecule has 0 radical (unpaired) electrons. The molecule has 1 saturated heterocycles. The molecule has 1 heterocycles. The van der Waals surface area contributed by atoms with Crippen molar-refractivity contribution in [2.75, 3.05) is 26.2 Å². The van der Waals surface area contributed by atoms with Gasteiger partial charge in [-0.2, -0.15) is 0 Å². The number of amides is 2. The van der Waals surface area contributed by atoms with Gasteiger partial charge in [-0.25, -0.2) is 4.79 Å². The molecular weight excluding hydrogens is 286 g/mol. The molecule has 4 nitrogen and oxygen atoms in total. The second-order valence-electron chi connectivity index (χ2n) is 5.74. The first-order valence-electron chi connectivity index (χ1n) is 7.99. The van der Waals surface area contributed by atoms with Crippen molar-refractivity contribution in [1.82, 2.24) is 15.5 Å². The molecule has 0 aromatic heterocycles. The van der Waals surface area contributed by atoms with Crippen molar-refractivity contribution in [3.8, 4) is 11.8 Å². The quantitative estimate of drug-likeness (QED) is 0.793. The monoisotopic (exact) mass is 307 g/mol. The third-order valence-corrected chi connectivity index (χ3v) is 3.93. The summed E-state index contributed by atoms with van der Waals surface area (Å²) in [6, 6.07) is 14.2. The zero-order valence-electron chi connectivity index (χ0n) is 13.3. The van der Waals surface area contributed by atoms with Crippen LogP contribution in [0.15, 0.2) is 42.5 Å². The first-order chi connectivity index (χ1) is 11.2. The van der Waals surface area contributed by atoms with Gasteiger partial charge in [0.25, 0.3) is 0 Å². The molecule has 1 aliphatic rings. The summed E-state index contributed by atoms with van der Waals surface area (Å²) in [5.41, 5.74) is 0.965. The van der Waals surface area contributed by atoms with Gasteiger partial charge in [-0.15, -0.1) is 0 Å². The van der Waals surface area contributed by atoms with Crippen LogP contribution in [-0.2, 0) is 0 Å². The molecule has 2 N–H and O–H groups in total. The van der Waals surface area contributed by atoms with Crippen molar-refractivity contribution in [1.29, 1.82) is 0 Å². The highest BCUT2D eigenvalue weighted by Crippen LogP contribution is 2.14. The number of hydrogen-bond acceptors (Lipinski definition) is 2. The fourth-order valence-corrected chi connectivity index (χ4v) is 2.64. The second kappa shape index (κ2) is 7.17. The topological polar surface area (TPSA) is 44.4 Å². The first kappa shape index (κ1) is 15.4. The molecule has 1 fully saturated rings. The lowest BCUT2D eigenvalue weighted by atomic mass is 10.1. The Bertz CT molecular complexity index is 754. The van der Waals surface area contributed by atoms with Gasteiger partial charge in [0.05, 0.1) is 6.04 Å². The molecule has 0 saturated carbocycles. The van der Waals surface area contributed by atoms with E-state index in [2.05, 4.69) is 46.7 Å². The van der Waals surface area contributed by atoms with Gasteiger partial charge in [-0.3, -0.25) is 0 Å². The molecule has 2 aromatic rings. The number of benzene rings is 2. The Morgan fingerprint density at radius 3 is 2.70 bits per heavy atom. The van der Waals surface area contributed by atoms with E-state index in [0.29, 0.717) is 0 Å². The average molecular weight is 307 g/mol. The minimum absolute atomic E-state index is 0.0354. The lowest BCUT2D eigenvalue weighted by Crippen LogP contribution is -2.51. The maximum Gasteiger partial charge on any atom is 0.318 e. The van der Waals surface area contributed by atoms with E-state index in [1.807, 2.05) is 30.0 Å². The third-order valence-electron chi connectivity index (χ3n) is 3.93. The minimum Gasteiger partial charge on any atom is -0.325 e. The molecule has 1 atom stereocenters. The predicted octanol–water partition coefficient (Wildman–Crippen LogP) is 2.19. The van der Waals surface area contributed by atoms with E-state index in [9.17, 15) is 4.79 Å². The second-order valence-corrected chi connectivity index (χ2v) is 5.74. The van der Waals surface area contributed by atoms with Crippen LogP contribution in [0.25, 0.3) is 10.8 Å². The molecule has 118 valence electrons. The highest BCUT2D eigenvalue weighted by molar-refractivity contribution is 5.83. The molecule has 2 aromatic carbocycles. The van der Waals surface area contributed by atoms with E-state index in [-0.39, 0.29) is 12.1 Å². The van der Waals surface area contributed by atoms with E-state index in [4.69, 9.17) is 0 Å². The number of piperazine rings is 1. The van der Waals surface area contributed by atoms with Crippen molar-refractivity contribution in [2.24, 2.45) is 0 Å². The lowest BCUT2D eigenvalue weighted by molar-refractivity contribution is 0.189. The van der Waals surface area contributed by atoms with Crippen molar-refractivity contribution in [3.63, 3.8) is 0 Å². The lowest BCUT2D eigenvalue weighted by Gasteiger charge is -2.28. The largest absolute Gasteiger partial charge is 0.325 e. The Balaban J connectivity index is 1.63. The van der Waals surface area contributed by atoms with E-state index in [0.717, 1.165) is 31.7 Å². The van der Waals surface area contributed by atoms with Gasteiger partial charge in [-0.1, -0.05) is 42.2 Å². The maximum atomic E-state index is 12.1. The van der Waals surface area contributed by atoms with Gasteiger partial charge in [0.1, 0.15) is 0 Å². The fourth-order valence-electron chi connectivity index (χ4n) is 2.64. The van der Waals surface area contributed by atoms with E-state index in [1.54, 1.807) is 0 Å². The third kappa shape index (κ3) is 4.02. The Hall–Kier alpha value is -2.51. The van der Waals surface area contributed by atoms with E-state index in [1.165, 1.54) is 10.8 Å². The molecule has 1 unspecified atom stereocenters. The summed E-state index contributed by atoms with van der Waals surface area (Å²) in [7, 11) is 0. The number of nitrogens with zero attached hydrogens (tertiary/aromatic N) is 1. The van der Waals surface area contributed by atoms with Crippen LogP contribution in [0.2, 0.25) is 0 Å². The van der Waals surface area contributed by atoms with E-state index >= 15 is 0 Å². The molecule has 2 amide bonds. The zero-order valence-corrected chi connectivity index (χ0v) is 13.3. The fraction of sp³-hybridized carbons (Fsp3) is 0.316. The van der Waals surface area contributed by atoms with E-state index < -0.39 is 0 Å². The number of hydrogen-bond donors (Lipinski definition) is 2. The van der Waals surface area contributed by atoms with Gasteiger partial charge in [0.2, 0.25) is 0 Å². The van der Waals surface area contributed by atoms with Crippen LogP contribution in [0.1, 0.15) is 12.5 Å². The first-order valence-corrected chi connectivity index (χ1v) is 7.99. The summed E-state index contributed by atoms with van der Waals surface area (Å²) in [5, 5.41) is 8.56. The van der Waals surface area contributed by atoms with Crippen LogP contribution in [0, 0.1) is 11.8 Å². The van der Waals surface area contributed by atoms with Crippen LogP contribution in [0.5, 0.6) is 0 Å². The molecule has 0 bridgehead atoms. The summed E-state index contributed by atoms with van der Waals surface area (Å²) < 4.78 is 0. The van der Waals surface area contributed by atoms with Crippen molar-refractivity contribution < 1.29 is 4.79 Å². The van der Waals surface area contributed by atoms with Crippen molar-refractivity contribution in [2.45, 2.75) is 13.0 Å². The van der Waals surface area contributed by atoms with Crippen molar-refractivity contribution in [3.05, 3.63) is 48.0 Å². The minimum atomic E-state index is -0.177. The number of carbonyl (C=O) groups excluding carboxylic acids is 1. The predicted molar refractivity (Wildman–Crippen MR) is 93.3 cm³/mol. The molecule has 23 heavy (non-hydrogen) atoms. The molecule has 1 aliphatic heterocycles. The molecule has 0 spiro atoms. The number of fused-ring (bicyclic) bond motifs is 1. The Kier molecular flexibility index (Phi) is 4.80. The summed E-state index contributed by atoms with van der Waals surface area (Å²) in [6.07, 6.45) is 0. The summed E-state index contributed by atoms with van der Waals surface area (Å²) >= 11 is 0. The van der Waals surface area contributed by atoms with Crippen LogP contribution in [-0.4, -0.2) is 43.2 Å². The number of urea groups is 1. The normalized spacial score (nSPS) is 15.6. The Morgan fingerprint density at radius 2 is 1.91 bits per heavy atom. The Morgan fingerprint density at radius 1 is 1.17 bits per heavy atom. The summed E-state index contributed by atoms with van der Waals surface area (Å²) in [6.45, 7) is 5.11. The van der Waals surface area contributed by atoms with Gasteiger partial charge in [0.15, 0.2) is 0 Å². The standard InChI is InChI=1S/C19H21N3O/c1-15(21-19(23)22-12-10-20-11-13-22)6-7-16-8-9-17-4-2-3-5-18(17)14-16/h2-5,8-9,14-15,20H,10-13H2,1H3,(H,21,23). The SMILES string of the molecule is CC(C#Cc1ccc2ccccc2c1)NC(=O)N1CCNCC1. The number of nitrogens with one attached hydrogen (secondary N) is 2. The van der Waals surface area contributed by atoms with Crippen LogP contribution < -0.4 is 10.6 Å². The maximum absolute atomic E-state index is 12.1. The molecule has 4 heteroatoms. The highest BCUT2D eigenvalue weighted by atomic mass is 16.2. The Labute approximate surface area is 136 Å². The van der Waals surface area contributed by atoms with Crippen LogP contribution in [0.3, 0.4) is 0 Å².